The van der Waals surface area contributed by atoms with Crippen LogP contribution in [0, 0.1) is 0 Å². The van der Waals surface area contributed by atoms with Gasteiger partial charge in [-0.15, -0.1) is 0 Å². The molecule has 5 fully saturated rings. The highest BCUT2D eigenvalue weighted by Crippen LogP contribution is 2.36. The summed E-state index contributed by atoms with van der Waals surface area (Å²) in [6, 6.07) is -3.25. The maximum atomic E-state index is 12.6. The predicted molar refractivity (Wildman–Crippen MR) is 182 cm³/mol. The van der Waals surface area contributed by atoms with Gasteiger partial charge in [-0.05, 0) is 6.92 Å². The second-order valence-electron chi connectivity index (χ2n) is 15.0. The quantitative estimate of drug-likeness (QED) is 0.0817. The van der Waals surface area contributed by atoms with Crippen molar-refractivity contribution in [3.63, 3.8) is 0 Å². The number of aliphatic hydroxyl groups is 13. The summed E-state index contributed by atoms with van der Waals surface area (Å²) in [6.45, 7) is 0.185. The van der Waals surface area contributed by atoms with Crippen LogP contribution in [0.2, 0.25) is 0 Å². The third-order valence-corrected chi connectivity index (χ3v) is 10.7. The van der Waals surface area contributed by atoms with Gasteiger partial charge in [0.2, 0.25) is 11.8 Å². The summed E-state index contributed by atoms with van der Waals surface area (Å²) in [4.78, 5) is 24.8. The fourth-order valence-electron chi connectivity index (χ4n) is 7.48. The van der Waals surface area contributed by atoms with Crippen LogP contribution < -0.4 is 10.6 Å². The topological polar surface area (TPSA) is 404 Å². The van der Waals surface area contributed by atoms with E-state index in [2.05, 4.69) is 10.6 Å². The van der Waals surface area contributed by atoms with Gasteiger partial charge in [-0.3, -0.25) is 9.59 Å². The zero-order valence-electron chi connectivity index (χ0n) is 32.0. The number of amides is 2. The Morgan fingerprint density at radius 3 is 1.64 bits per heavy atom. The highest BCUT2D eigenvalue weighted by Gasteiger charge is 2.57. The van der Waals surface area contributed by atoms with Gasteiger partial charge in [0.1, 0.15) is 110 Å². The number of hydrogen-bond acceptors (Lipinski definition) is 24. The standard InChI is InChI=1S/C33H56N2O24/c1-8-17(42)21(46)24(49)32(52-8)58-27-16(35-10(3)40)29(50)53-14(6-38)26(27)57-30-15(34-9(2)39)20(45)25(13(5-37)55-30)56-33-28(22(47)19(44)12(4-36)54-33)59-31-23(48)18(43)11(41)7-51-31/h8,11-33,36-38,41-50H,4-7H2,1-3H3,(H,34,39)(H,35,40)/t8-,11+,12+,13+,14+,15+,16+,17+,18-,19+,20+,21+,22-,23+,24-,25+,26+,27+,28-,29+,30-,31+,32-,33-/m0/s1. The van der Waals surface area contributed by atoms with Crippen LogP contribution >= 0.6 is 0 Å². The van der Waals surface area contributed by atoms with Crippen molar-refractivity contribution in [2.24, 2.45) is 0 Å². The molecule has 26 nitrogen and oxygen atoms in total. The molecule has 0 bridgehead atoms. The highest BCUT2D eigenvalue weighted by atomic mass is 16.8. The molecule has 15 N–H and O–H groups in total. The van der Waals surface area contributed by atoms with Crippen LogP contribution in [0.15, 0.2) is 0 Å². The van der Waals surface area contributed by atoms with Crippen LogP contribution in [0.25, 0.3) is 0 Å². The first-order valence-electron chi connectivity index (χ1n) is 18.9. The fourth-order valence-corrected chi connectivity index (χ4v) is 7.48. The predicted octanol–water partition coefficient (Wildman–Crippen LogP) is -9.97. The summed E-state index contributed by atoms with van der Waals surface area (Å²) in [5.74, 6) is -1.52. The molecule has 5 heterocycles. The Bertz CT molecular complexity index is 1370. The molecule has 0 aromatic rings. The van der Waals surface area contributed by atoms with E-state index in [4.69, 9.17) is 42.6 Å². The maximum Gasteiger partial charge on any atom is 0.217 e. The first-order valence-corrected chi connectivity index (χ1v) is 18.9. The van der Waals surface area contributed by atoms with Crippen LogP contribution in [0.5, 0.6) is 0 Å². The average molecular weight is 865 g/mol. The van der Waals surface area contributed by atoms with E-state index in [1.54, 1.807) is 0 Å². The molecular weight excluding hydrogens is 808 g/mol. The molecular formula is C33H56N2O24. The van der Waals surface area contributed by atoms with Crippen molar-refractivity contribution in [2.45, 2.75) is 168 Å². The van der Waals surface area contributed by atoms with E-state index in [0.717, 1.165) is 13.8 Å². The molecule has 0 unspecified atom stereocenters. The Morgan fingerprint density at radius 2 is 1.03 bits per heavy atom. The van der Waals surface area contributed by atoms with Crippen LogP contribution in [0.3, 0.4) is 0 Å². The first-order chi connectivity index (χ1) is 27.8. The summed E-state index contributed by atoms with van der Waals surface area (Å²) in [7, 11) is 0. The van der Waals surface area contributed by atoms with Crippen molar-refractivity contribution in [1.29, 1.82) is 0 Å². The SMILES string of the molecule is CC(=O)N[C@@H]1[C@@H](O[C@@H]2O[C@@H](C)[C@@H](O)[C@@H](O)[C@@H]2O)[C@H](O[C@@H]2O[C@H](CO)[C@@H](O[C@@H]3O[C@H](CO)[C@@H](O)[C@H](O)[C@@H]3O[C@H]3OC[C@@H](O)[C@H](O)[C@H]3O)[C@H](O)[C@H]2NC(C)=O)[C@@H](CO)O[C@H]1O. The van der Waals surface area contributed by atoms with Gasteiger partial charge in [-0.2, -0.15) is 0 Å². The van der Waals surface area contributed by atoms with Gasteiger partial charge in [0.25, 0.3) is 0 Å². The van der Waals surface area contributed by atoms with Gasteiger partial charge < -0.3 is 120 Å². The molecule has 0 radical (unpaired) electrons. The molecule has 0 aromatic heterocycles. The third kappa shape index (κ3) is 10.5. The highest BCUT2D eigenvalue weighted by molar-refractivity contribution is 5.73. The van der Waals surface area contributed by atoms with E-state index < -0.39 is 186 Å². The number of ether oxygens (including phenoxy) is 9. The average Bonchev–Trinajstić information content (AvgIpc) is 3.19. The Balaban J connectivity index is 1.45. The Labute approximate surface area is 335 Å². The molecule has 5 aliphatic rings. The lowest BCUT2D eigenvalue weighted by atomic mass is 9.93. The van der Waals surface area contributed by atoms with E-state index in [1.807, 2.05) is 0 Å². The molecule has 2 amide bonds. The molecule has 5 saturated heterocycles. The second-order valence-corrected chi connectivity index (χ2v) is 15.0. The van der Waals surface area contributed by atoms with Crippen molar-refractivity contribution >= 4 is 11.8 Å². The zero-order valence-corrected chi connectivity index (χ0v) is 32.0. The van der Waals surface area contributed by atoms with Crippen molar-refractivity contribution < 1.29 is 119 Å². The lowest BCUT2D eigenvalue weighted by Gasteiger charge is -2.51. The lowest BCUT2D eigenvalue weighted by molar-refractivity contribution is -0.386. The summed E-state index contributed by atoms with van der Waals surface area (Å²) in [5, 5.41) is 142. The monoisotopic (exact) mass is 864 g/mol. The van der Waals surface area contributed by atoms with Crippen LogP contribution in [0.4, 0.5) is 0 Å². The largest absolute Gasteiger partial charge is 0.394 e. The van der Waals surface area contributed by atoms with Crippen LogP contribution in [-0.2, 0) is 52.2 Å². The minimum Gasteiger partial charge on any atom is -0.394 e. The molecule has 26 heteroatoms. The normalized spacial score (nSPS) is 49.6. The van der Waals surface area contributed by atoms with Gasteiger partial charge >= 0.3 is 0 Å². The number of hydrogen-bond donors (Lipinski definition) is 15. The molecule has 5 aliphatic heterocycles. The minimum absolute atomic E-state index is 0.528. The number of rotatable bonds is 13. The molecule has 5 rings (SSSR count). The first kappa shape index (κ1) is 48.1. The number of carbonyl (C=O) groups is 2. The smallest absolute Gasteiger partial charge is 0.217 e. The fraction of sp³-hybridized carbons (Fsp3) is 0.939. The summed E-state index contributed by atoms with van der Waals surface area (Å²) < 4.78 is 51.8. The zero-order chi connectivity index (χ0) is 43.6. The summed E-state index contributed by atoms with van der Waals surface area (Å²) in [6.07, 6.45) is -38.2. The molecule has 0 saturated carbocycles. The van der Waals surface area contributed by atoms with Gasteiger partial charge in [-0.25, -0.2) is 0 Å². The van der Waals surface area contributed by atoms with Gasteiger partial charge in [0.15, 0.2) is 31.5 Å². The van der Waals surface area contributed by atoms with E-state index in [1.165, 1.54) is 6.92 Å². The van der Waals surface area contributed by atoms with Crippen molar-refractivity contribution in [3.8, 4) is 0 Å². The van der Waals surface area contributed by atoms with Gasteiger partial charge in [0, 0.05) is 13.8 Å². The van der Waals surface area contributed by atoms with E-state index >= 15 is 0 Å². The molecule has 0 aliphatic carbocycles. The van der Waals surface area contributed by atoms with Crippen molar-refractivity contribution in [3.05, 3.63) is 0 Å². The maximum absolute atomic E-state index is 12.6. The van der Waals surface area contributed by atoms with Crippen LogP contribution in [-0.4, -0.2) is 252 Å². The number of carbonyl (C=O) groups excluding carboxylic acids is 2. The Morgan fingerprint density at radius 1 is 0.508 bits per heavy atom. The van der Waals surface area contributed by atoms with E-state index in [0.29, 0.717) is 0 Å². The second kappa shape index (κ2) is 20.5. The summed E-state index contributed by atoms with van der Waals surface area (Å²) in [5.41, 5.74) is 0. The third-order valence-electron chi connectivity index (χ3n) is 10.7. The molecule has 24 atom stereocenters. The van der Waals surface area contributed by atoms with E-state index in [9.17, 15) is 76.0 Å². The lowest BCUT2D eigenvalue weighted by Crippen LogP contribution is -2.71. The molecule has 0 spiro atoms. The molecule has 59 heavy (non-hydrogen) atoms. The van der Waals surface area contributed by atoms with Crippen molar-refractivity contribution in [1.82, 2.24) is 10.6 Å². The molecule has 0 aromatic carbocycles. The summed E-state index contributed by atoms with van der Waals surface area (Å²) >= 11 is 0. The van der Waals surface area contributed by atoms with Crippen LogP contribution in [0.1, 0.15) is 20.8 Å². The Kier molecular flexibility index (Phi) is 16.7. The number of nitrogens with one attached hydrogen (secondary N) is 2. The minimum atomic E-state index is -1.97. The molecule has 342 valence electrons. The van der Waals surface area contributed by atoms with E-state index in [-0.39, 0.29) is 0 Å². The number of aliphatic hydroxyl groups excluding tert-OH is 13. The van der Waals surface area contributed by atoms with Crippen molar-refractivity contribution in [2.75, 3.05) is 26.4 Å². The Hall–Kier alpha value is -1.94. The van der Waals surface area contributed by atoms with Gasteiger partial charge in [-0.1, -0.05) is 0 Å². The van der Waals surface area contributed by atoms with Gasteiger partial charge in [0.05, 0.1) is 32.5 Å².